The predicted molar refractivity (Wildman–Crippen MR) is 65.9 cm³/mol. The van der Waals surface area contributed by atoms with Gasteiger partial charge in [0, 0.05) is 26.1 Å². The first-order valence-corrected chi connectivity index (χ1v) is 6.30. The molecule has 0 saturated heterocycles. The normalized spacial score (nSPS) is 23.4. The minimum atomic E-state index is -0.718. The summed E-state index contributed by atoms with van der Waals surface area (Å²) in [6.07, 6.45) is 5.94. The molecule has 1 fully saturated rings. The first-order chi connectivity index (χ1) is 8.13. The molecule has 0 aromatic rings. The Morgan fingerprint density at radius 2 is 1.94 bits per heavy atom. The zero-order valence-corrected chi connectivity index (χ0v) is 10.9. The fourth-order valence-electron chi connectivity index (χ4n) is 1.98. The van der Waals surface area contributed by atoms with E-state index in [-0.39, 0.29) is 12.3 Å². The molecule has 0 heterocycles. The Labute approximate surface area is 103 Å². The highest BCUT2D eigenvalue weighted by Gasteiger charge is 2.22. The maximum Gasteiger partial charge on any atom is 0.303 e. The molecule has 1 aliphatic rings. The Bertz CT molecular complexity index is 205. The number of aldehydes is 1. The van der Waals surface area contributed by atoms with Crippen molar-refractivity contribution in [2.75, 3.05) is 13.7 Å². The summed E-state index contributed by atoms with van der Waals surface area (Å²) < 4.78 is 4.69. The number of methoxy groups -OCH3 is 1. The Hall–Kier alpha value is -0.900. The SMILES string of the molecule is CCCOC.O=CC1CCC(CC(=O)O)CC1. The van der Waals surface area contributed by atoms with Crippen molar-refractivity contribution in [2.24, 2.45) is 11.8 Å². The molecular weight excluding hydrogens is 220 g/mol. The fourth-order valence-corrected chi connectivity index (χ4v) is 1.98. The van der Waals surface area contributed by atoms with Crippen LogP contribution in [0.2, 0.25) is 0 Å². The molecule has 17 heavy (non-hydrogen) atoms. The third-order valence-corrected chi connectivity index (χ3v) is 2.96. The molecular formula is C13H24O4. The van der Waals surface area contributed by atoms with Gasteiger partial charge >= 0.3 is 5.97 Å². The average molecular weight is 244 g/mol. The number of carboxylic acid groups (broad SMARTS) is 1. The van der Waals surface area contributed by atoms with Crippen molar-refractivity contribution in [3.05, 3.63) is 0 Å². The second-order valence-corrected chi connectivity index (χ2v) is 4.51. The summed E-state index contributed by atoms with van der Waals surface area (Å²) in [7, 11) is 1.71. The smallest absolute Gasteiger partial charge is 0.303 e. The van der Waals surface area contributed by atoms with Crippen LogP contribution >= 0.6 is 0 Å². The number of hydrogen-bond donors (Lipinski definition) is 1. The van der Waals surface area contributed by atoms with Gasteiger partial charge in [0.15, 0.2) is 0 Å². The quantitative estimate of drug-likeness (QED) is 0.755. The van der Waals surface area contributed by atoms with E-state index in [9.17, 15) is 9.59 Å². The molecule has 4 heteroatoms. The monoisotopic (exact) mass is 244 g/mol. The number of rotatable bonds is 5. The molecule has 1 rings (SSSR count). The molecule has 0 aromatic heterocycles. The zero-order chi connectivity index (χ0) is 13.1. The van der Waals surface area contributed by atoms with Crippen LogP contribution in [-0.4, -0.2) is 31.1 Å². The maximum absolute atomic E-state index is 10.4. The van der Waals surface area contributed by atoms with Crippen molar-refractivity contribution in [3.63, 3.8) is 0 Å². The van der Waals surface area contributed by atoms with Crippen LogP contribution in [0.25, 0.3) is 0 Å². The molecule has 1 N–H and O–H groups in total. The highest BCUT2D eigenvalue weighted by Crippen LogP contribution is 2.29. The summed E-state index contributed by atoms with van der Waals surface area (Å²) in [5.74, 6) is -0.224. The van der Waals surface area contributed by atoms with Crippen molar-refractivity contribution < 1.29 is 19.4 Å². The summed E-state index contributed by atoms with van der Waals surface area (Å²) >= 11 is 0. The van der Waals surface area contributed by atoms with Crippen LogP contribution < -0.4 is 0 Å². The zero-order valence-electron chi connectivity index (χ0n) is 10.9. The molecule has 1 saturated carbocycles. The van der Waals surface area contributed by atoms with E-state index >= 15 is 0 Å². The molecule has 0 aromatic carbocycles. The highest BCUT2D eigenvalue weighted by molar-refractivity contribution is 5.67. The van der Waals surface area contributed by atoms with Gasteiger partial charge in [-0.2, -0.15) is 0 Å². The van der Waals surface area contributed by atoms with Crippen LogP contribution in [0.1, 0.15) is 45.4 Å². The van der Waals surface area contributed by atoms with E-state index < -0.39 is 5.97 Å². The van der Waals surface area contributed by atoms with Crippen molar-refractivity contribution in [3.8, 4) is 0 Å². The van der Waals surface area contributed by atoms with Crippen molar-refractivity contribution in [1.29, 1.82) is 0 Å². The van der Waals surface area contributed by atoms with Gasteiger partial charge in [0.05, 0.1) is 0 Å². The Kier molecular flexibility index (Phi) is 9.72. The first-order valence-electron chi connectivity index (χ1n) is 6.30. The number of ether oxygens (including phenoxy) is 1. The maximum atomic E-state index is 10.4. The number of carbonyl (C=O) groups excluding carboxylic acids is 1. The van der Waals surface area contributed by atoms with Crippen molar-refractivity contribution in [1.82, 2.24) is 0 Å². The molecule has 1 aliphatic carbocycles. The summed E-state index contributed by atoms with van der Waals surface area (Å²) in [4.78, 5) is 20.7. The lowest BCUT2D eigenvalue weighted by Gasteiger charge is -2.23. The van der Waals surface area contributed by atoms with Gasteiger partial charge in [0.25, 0.3) is 0 Å². The third kappa shape index (κ3) is 8.86. The summed E-state index contributed by atoms with van der Waals surface area (Å²) in [6, 6.07) is 0. The van der Waals surface area contributed by atoms with E-state index in [0.717, 1.165) is 45.0 Å². The highest BCUT2D eigenvalue weighted by atomic mass is 16.5. The van der Waals surface area contributed by atoms with E-state index in [0.29, 0.717) is 5.92 Å². The summed E-state index contributed by atoms with van der Waals surface area (Å²) in [5.41, 5.74) is 0. The summed E-state index contributed by atoms with van der Waals surface area (Å²) in [5, 5.41) is 8.52. The Morgan fingerprint density at radius 3 is 2.24 bits per heavy atom. The minimum absolute atomic E-state index is 0.190. The molecule has 4 nitrogen and oxygen atoms in total. The Balaban J connectivity index is 0.000000437. The van der Waals surface area contributed by atoms with Gasteiger partial charge in [-0.15, -0.1) is 0 Å². The van der Waals surface area contributed by atoms with Crippen molar-refractivity contribution in [2.45, 2.75) is 45.4 Å². The van der Waals surface area contributed by atoms with Gasteiger partial charge in [0.1, 0.15) is 6.29 Å². The van der Waals surface area contributed by atoms with E-state index in [1.807, 2.05) is 0 Å². The van der Waals surface area contributed by atoms with Crippen molar-refractivity contribution >= 4 is 12.3 Å². The van der Waals surface area contributed by atoms with Crippen LogP contribution in [0.4, 0.5) is 0 Å². The lowest BCUT2D eigenvalue weighted by molar-refractivity contribution is -0.138. The van der Waals surface area contributed by atoms with Crippen LogP contribution in [0, 0.1) is 11.8 Å². The van der Waals surface area contributed by atoms with Crippen LogP contribution in [0.5, 0.6) is 0 Å². The van der Waals surface area contributed by atoms with Gasteiger partial charge in [-0.05, 0) is 38.0 Å². The lowest BCUT2D eigenvalue weighted by Crippen LogP contribution is -2.17. The van der Waals surface area contributed by atoms with Crippen LogP contribution in [0.3, 0.4) is 0 Å². The molecule has 0 atom stereocenters. The van der Waals surface area contributed by atoms with Gasteiger partial charge in [-0.25, -0.2) is 0 Å². The molecule has 0 amide bonds. The molecule has 0 spiro atoms. The summed E-state index contributed by atoms with van der Waals surface area (Å²) in [6.45, 7) is 2.98. The van der Waals surface area contributed by atoms with Crippen LogP contribution in [-0.2, 0) is 14.3 Å². The van der Waals surface area contributed by atoms with Crippen LogP contribution in [0.15, 0.2) is 0 Å². The molecule has 0 unspecified atom stereocenters. The second-order valence-electron chi connectivity index (χ2n) is 4.51. The van der Waals surface area contributed by atoms with E-state index in [4.69, 9.17) is 9.84 Å². The van der Waals surface area contributed by atoms with Gasteiger partial charge in [0.2, 0.25) is 0 Å². The Morgan fingerprint density at radius 1 is 1.35 bits per heavy atom. The largest absolute Gasteiger partial charge is 0.481 e. The van der Waals surface area contributed by atoms with E-state index in [1.165, 1.54) is 0 Å². The standard InChI is InChI=1S/C9H14O3.C4H10O/c10-6-8-3-1-7(2-4-8)5-9(11)12;1-3-4-5-2/h6-8H,1-5H2,(H,11,12);3-4H2,1-2H3. The van der Waals surface area contributed by atoms with Gasteiger partial charge in [-0.1, -0.05) is 6.92 Å². The third-order valence-electron chi connectivity index (χ3n) is 2.96. The average Bonchev–Trinajstić information content (AvgIpc) is 2.31. The topological polar surface area (TPSA) is 63.6 Å². The van der Waals surface area contributed by atoms with Gasteiger partial charge in [-0.3, -0.25) is 4.79 Å². The van der Waals surface area contributed by atoms with E-state index in [2.05, 4.69) is 6.92 Å². The first kappa shape index (κ1) is 16.1. The molecule has 100 valence electrons. The number of hydrogen-bond acceptors (Lipinski definition) is 3. The second kappa shape index (κ2) is 10.3. The fraction of sp³-hybridized carbons (Fsp3) is 0.846. The number of carbonyl (C=O) groups is 2. The predicted octanol–water partition coefficient (Wildman–Crippen LogP) is 2.51. The number of aliphatic carboxylic acids is 1. The van der Waals surface area contributed by atoms with Gasteiger partial charge < -0.3 is 14.6 Å². The van der Waals surface area contributed by atoms with E-state index in [1.54, 1.807) is 7.11 Å². The minimum Gasteiger partial charge on any atom is -0.481 e. The molecule has 0 aliphatic heterocycles. The molecule has 0 radical (unpaired) electrons. The molecule has 0 bridgehead atoms. The number of carboxylic acids is 1. The lowest BCUT2D eigenvalue weighted by atomic mass is 9.81.